The summed E-state index contributed by atoms with van der Waals surface area (Å²) in [6.07, 6.45) is 3.14. The highest BCUT2D eigenvalue weighted by Gasteiger charge is 2.51. The molecule has 166 valence electrons. The Morgan fingerprint density at radius 1 is 1.06 bits per heavy atom. The van der Waals surface area contributed by atoms with Gasteiger partial charge in [-0.15, -0.1) is 0 Å². The molecule has 2 aromatic carbocycles. The molecule has 6 heteroatoms. The minimum Gasteiger partial charge on any atom is -0.490 e. The number of aliphatic hydroxyl groups is 2. The maximum atomic E-state index is 10.1. The Hall–Kier alpha value is -1.63. The molecule has 5 nitrogen and oxygen atoms in total. The first-order valence-corrected chi connectivity index (χ1v) is 11.5. The van der Waals surface area contributed by atoms with Crippen LogP contribution in [0.25, 0.3) is 0 Å². The zero-order valence-electron chi connectivity index (χ0n) is 17.5. The summed E-state index contributed by atoms with van der Waals surface area (Å²) in [5, 5.41) is 20.3. The van der Waals surface area contributed by atoms with Crippen LogP contribution < -0.4 is 4.74 Å². The molecule has 3 fully saturated rings. The van der Waals surface area contributed by atoms with Gasteiger partial charge < -0.3 is 24.4 Å². The molecule has 3 atom stereocenters. The fraction of sp³-hybridized carbons (Fsp3) is 0.520. The predicted octanol–water partition coefficient (Wildman–Crippen LogP) is 4.06. The molecule has 2 heterocycles. The van der Waals surface area contributed by atoms with Crippen molar-refractivity contribution < 1.29 is 24.4 Å². The van der Waals surface area contributed by atoms with Gasteiger partial charge in [0.15, 0.2) is 0 Å². The molecule has 3 aliphatic rings. The van der Waals surface area contributed by atoms with Crippen molar-refractivity contribution in [2.45, 2.75) is 56.5 Å². The lowest BCUT2D eigenvalue weighted by Crippen LogP contribution is -2.56. The maximum Gasteiger partial charge on any atom is 0.119 e. The number of hydrogen-bond acceptors (Lipinski definition) is 5. The summed E-state index contributed by atoms with van der Waals surface area (Å²) in [7, 11) is 0. The first-order chi connectivity index (χ1) is 15.0. The summed E-state index contributed by atoms with van der Waals surface area (Å²) >= 11 is 6.48. The number of benzene rings is 2. The average Bonchev–Trinajstić information content (AvgIpc) is 2.71. The SMILES string of the molecule is OC[C@@H]1C[C@H](O)C[C@@H](c2ccc(Cl)c(Cc3ccc(OC4CC5(COC5)C4)cc3)c2)O1. The second-order valence-corrected chi connectivity index (χ2v) is 9.77. The van der Waals surface area contributed by atoms with Gasteiger partial charge in [0, 0.05) is 23.3 Å². The van der Waals surface area contributed by atoms with E-state index in [1.165, 1.54) is 0 Å². The number of hydrogen-bond donors (Lipinski definition) is 2. The van der Waals surface area contributed by atoms with Crippen LogP contribution in [0.2, 0.25) is 5.02 Å². The number of rotatable bonds is 6. The molecule has 0 amide bonds. The van der Waals surface area contributed by atoms with Crippen molar-refractivity contribution in [3.05, 3.63) is 64.2 Å². The molecule has 31 heavy (non-hydrogen) atoms. The third-order valence-electron chi connectivity index (χ3n) is 6.78. The second kappa shape index (κ2) is 8.72. The van der Waals surface area contributed by atoms with E-state index in [1.54, 1.807) is 0 Å². The highest BCUT2D eigenvalue weighted by atomic mass is 35.5. The molecule has 1 saturated carbocycles. The first-order valence-electron chi connectivity index (χ1n) is 11.1. The molecule has 1 aliphatic carbocycles. The van der Waals surface area contributed by atoms with Gasteiger partial charge in [-0.1, -0.05) is 35.9 Å². The Balaban J connectivity index is 1.23. The smallest absolute Gasteiger partial charge is 0.119 e. The van der Waals surface area contributed by atoms with Crippen molar-refractivity contribution in [1.82, 2.24) is 0 Å². The van der Waals surface area contributed by atoms with E-state index in [0.29, 0.717) is 35.8 Å². The van der Waals surface area contributed by atoms with Crippen molar-refractivity contribution in [3.8, 4) is 5.75 Å². The van der Waals surface area contributed by atoms with Gasteiger partial charge >= 0.3 is 0 Å². The van der Waals surface area contributed by atoms with E-state index in [1.807, 2.05) is 24.3 Å². The van der Waals surface area contributed by atoms with E-state index in [9.17, 15) is 10.2 Å². The molecule has 0 radical (unpaired) electrons. The van der Waals surface area contributed by atoms with Gasteiger partial charge in [-0.2, -0.15) is 0 Å². The molecule has 1 spiro atoms. The van der Waals surface area contributed by atoms with E-state index in [0.717, 1.165) is 48.5 Å². The van der Waals surface area contributed by atoms with Crippen molar-refractivity contribution in [1.29, 1.82) is 0 Å². The zero-order chi connectivity index (χ0) is 21.4. The van der Waals surface area contributed by atoms with Crippen LogP contribution in [0.5, 0.6) is 5.75 Å². The van der Waals surface area contributed by atoms with Crippen molar-refractivity contribution in [3.63, 3.8) is 0 Å². The van der Waals surface area contributed by atoms with E-state index in [2.05, 4.69) is 18.2 Å². The Labute approximate surface area is 187 Å². The standard InChI is InChI=1S/C25H29ClO5/c26-23-6-3-17(24-10-19(28)9-21(13-27)31-24)8-18(23)7-16-1-4-20(5-2-16)30-22-11-25(12-22)14-29-15-25/h1-6,8,19,21-22,24,27-28H,7,9-15H2/t19-,21-,24-/m0/s1. The van der Waals surface area contributed by atoms with Gasteiger partial charge in [0.25, 0.3) is 0 Å². The molecule has 2 aliphatic heterocycles. The average molecular weight is 445 g/mol. The quantitative estimate of drug-likeness (QED) is 0.703. The molecular weight excluding hydrogens is 416 g/mol. The van der Waals surface area contributed by atoms with Gasteiger partial charge in [-0.05, 0) is 54.2 Å². The van der Waals surface area contributed by atoms with Crippen LogP contribution in [0.15, 0.2) is 42.5 Å². The fourth-order valence-corrected chi connectivity index (χ4v) is 5.15. The van der Waals surface area contributed by atoms with Crippen LogP contribution in [-0.2, 0) is 15.9 Å². The summed E-state index contributed by atoms with van der Waals surface area (Å²) in [5.41, 5.74) is 3.56. The van der Waals surface area contributed by atoms with Gasteiger partial charge in [-0.3, -0.25) is 0 Å². The topological polar surface area (TPSA) is 68.2 Å². The van der Waals surface area contributed by atoms with Crippen LogP contribution in [0.4, 0.5) is 0 Å². The lowest BCUT2D eigenvalue weighted by molar-refractivity contribution is -0.191. The first kappa shape index (κ1) is 21.2. The third kappa shape index (κ3) is 4.62. The van der Waals surface area contributed by atoms with Crippen LogP contribution in [0.1, 0.15) is 48.5 Å². The maximum absolute atomic E-state index is 10.1. The molecule has 0 unspecified atom stereocenters. The second-order valence-electron chi connectivity index (χ2n) is 9.37. The normalized spacial score (nSPS) is 27.5. The van der Waals surface area contributed by atoms with Crippen LogP contribution in [0.3, 0.4) is 0 Å². The largest absolute Gasteiger partial charge is 0.490 e. The third-order valence-corrected chi connectivity index (χ3v) is 7.15. The Morgan fingerprint density at radius 3 is 2.52 bits per heavy atom. The van der Waals surface area contributed by atoms with Crippen molar-refractivity contribution >= 4 is 11.6 Å². The number of ether oxygens (including phenoxy) is 3. The Morgan fingerprint density at radius 2 is 1.84 bits per heavy atom. The van der Waals surface area contributed by atoms with E-state index in [-0.39, 0.29) is 18.8 Å². The lowest BCUT2D eigenvalue weighted by Gasteiger charge is -2.52. The predicted molar refractivity (Wildman–Crippen MR) is 118 cm³/mol. The van der Waals surface area contributed by atoms with Crippen LogP contribution >= 0.6 is 11.6 Å². The summed E-state index contributed by atoms with van der Waals surface area (Å²) in [6.45, 7) is 1.69. The van der Waals surface area contributed by atoms with Gasteiger partial charge in [0.1, 0.15) is 11.9 Å². The van der Waals surface area contributed by atoms with Gasteiger partial charge in [-0.25, -0.2) is 0 Å². The van der Waals surface area contributed by atoms with E-state index >= 15 is 0 Å². The Bertz CT molecular complexity index is 903. The van der Waals surface area contributed by atoms with Gasteiger partial charge in [0.2, 0.25) is 0 Å². The van der Waals surface area contributed by atoms with Crippen molar-refractivity contribution in [2.24, 2.45) is 5.41 Å². The van der Waals surface area contributed by atoms with E-state index in [4.69, 9.17) is 25.8 Å². The molecule has 2 aromatic rings. The minimum atomic E-state index is -0.468. The number of halogens is 1. The summed E-state index contributed by atoms with van der Waals surface area (Å²) < 4.78 is 17.4. The molecule has 0 aromatic heterocycles. The van der Waals surface area contributed by atoms with Crippen LogP contribution in [-0.4, -0.2) is 48.3 Å². The monoisotopic (exact) mass is 444 g/mol. The zero-order valence-corrected chi connectivity index (χ0v) is 18.3. The highest BCUT2D eigenvalue weighted by Crippen LogP contribution is 2.48. The molecular formula is C25H29ClO5. The summed E-state index contributed by atoms with van der Waals surface area (Å²) in [6, 6.07) is 14.1. The fourth-order valence-electron chi connectivity index (χ4n) is 4.97. The molecule has 2 saturated heterocycles. The minimum absolute atomic E-state index is 0.0853. The Kier molecular flexibility index (Phi) is 5.97. The number of aliphatic hydroxyl groups excluding tert-OH is 2. The summed E-state index contributed by atoms with van der Waals surface area (Å²) in [5.74, 6) is 0.906. The van der Waals surface area contributed by atoms with Gasteiger partial charge in [0.05, 0.1) is 38.1 Å². The van der Waals surface area contributed by atoms with E-state index < -0.39 is 6.10 Å². The van der Waals surface area contributed by atoms with Crippen molar-refractivity contribution in [2.75, 3.05) is 19.8 Å². The molecule has 2 N–H and O–H groups in total. The molecule has 0 bridgehead atoms. The highest BCUT2D eigenvalue weighted by molar-refractivity contribution is 6.31. The lowest BCUT2D eigenvalue weighted by atomic mass is 9.65. The summed E-state index contributed by atoms with van der Waals surface area (Å²) in [4.78, 5) is 0. The molecule has 5 rings (SSSR count). The van der Waals surface area contributed by atoms with Crippen LogP contribution in [0, 0.1) is 5.41 Å².